The molecule has 1 aliphatic rings. The van der Waals surface area contributed by atoms with Gasteiger partial charge in [0.15, 0.2) is 0 Å². The van der Waals surface area contributed by atoms with E-state index in [0.29, 0.717) is 11.9 Å². The van der Waals surface area contributed by atoms with Crippen LogP contribution >= 0.6 is 0 Å². The smallest absolute Gasteiger partial charge is 0.137 e. The van der Waals surface area contributed by atoms with E-state index in [9.17, 15) is 0 Å². The highest BCUT2D eigenvalue weighted by atomic mass is 16.5. The molecule has 1 fully saturated rings. The molecule has 0 spiro atoms. The van der Waals surface area contributed by atoms with Crippen LogP contribution in [0.3, 0.4) is 0 Å². The van der Waals surface area contributed by atoms with Gasteiger partial charge in [-0.1, -0.05) is 6.92 Å². The van der Waals surface area contributed by atoms with Gasteiger partial charge in [-0.2, -0.15) is 0 Å². The van der Waals surface area contributed by atoms with Gasteiger partial charge < -0.3 is 15.4 Å². The van der Waals surface area contributed by atoms with Crippen LogP contribution in [0.5, 0.6) is 0 Å². The fraction of sp³-hybridized carbons (Fsp3) is 0.733. The van der Waals surface area contributed by atoms with E-state index in [1.54, 1.807) is 0 Å². The van der Waals surface area contributed by atoms with Crippen LogP contribution in [0.25, 0.3) is 0 Å². The van der Waals surface area contributed by atoms with E-state index in [2.05, 4.69) is 16.8 Å². The number of aryl methyl sites for hydroxylation is 1. The van der Waals surface area contributed by atoms with Crippen LogP contribution in [-0.2, 0) is 11.2 Å². The SMILES string of the molecule is CCCc1nc(N)c(C)c(N2CCCC(OCC)C2)n1. The van der Waals surface area contributed by atoms with Crippen molar-refractivity contribution in [2.24, 2.45) is 0 Å². The van der Waals surface area contributed by atoms with Crippen LogP contribution in [0.15, 0.2) is 0 Å². The van der Waals surface area contributed by atoms with Gasteiger partial charge in [0.2, 0.25) is 0 Å². The van der Waals surface area contributed by atoms with E-state index in [4.69, 9.17) is 15.5 Å². The second kappa shape index (κ2) is 6.88. The Morgan fingerprint density at radius 1 is 1.35 bits per heavy atom. The van der Waals surface area contributed by atoms with Gasteiger partial charge in [0, 0.05) is 31.7 Å². The van der Waals surface area contributed by atoms with Crippen LogP contribution in [0.1, 0.15) is 44.5 Å². The maximum absolute atomic E-state index is 6.04. The highest BCUT2D eigenvalue weighted by Gasteiger charge is 2.23. The highest BCUT2D eigenvalue weighted by molar-refractivity contribution is 5.56. The molecular formula is C15H26N4O. The van der Waals surface area contributed by atoms with Crippen molar-refractivity contribution in [3.8, 4) is 0 Å². The highest BCUT2D eigenvalue weighted by Crippen LogP contribution is 2.26. The number of piperidine rings is 1. The first-order valence-corrected chi connectivity index (χ1v) is 7.65. The Hall–Kier alpha value is -1.36. The molecule has 20 heavy (non-hydrogen) atoms. The van der Waals surface area contributed by atoms with Crippen LogP contribution in [0, 0.1) is 6.92 Å². The zero-order valence-corrected chi connectivity index (χ0v) is 12.9. The van der Waals surface area contributed by atoms with Gasteiger partial charge in [0.25, 0.3) is 0 Å². The molecule has 0 radical (unpaired) electrons. The van der Waals surface area contributed by atoms with E-state index in [1.165, 1.54) is 0 Å². The van der Waals surface area contributed by atoms with Crippen molar-refractivity contribution < 1.29 is 4.74 Å². The summed E-state index contributed by atoms with van der Waals surface area (Å²) in [6.07, 6.45) is 4.48. The minimum Gasteiger partial charge on any atom is -0.383 e. The molecule has 2 N–H and O–H groups in total. The number of anilines is 2. The third-order valence-corrected chi connectivity index (χ3v) is 3.76. The third-order valence-electron chi connectivity index (χ3n) is 3.76. The van der Waals surface area contributed by atoms with Crippen LogP contribution in [0.4, 0.5) is 11.6 Å². The summed E-state index contributed by atoms with van der Waals surface area (Å²) in [7, 11) is 0. The van der Waals surface area contributed by atoms with Crippen LogP contribution in [-0.4, -0.2) is 35.8 Å². The molecule has 5 heteroatoms. The molecule has 0 aliphatic carbocycles. The summed E-state index contributed by atoms with van der Waals surface area (Å²) in [6.45, 7) is 8.87. The van der Waals surface area contributed by atoms with Gasteiger partial charge >= 0.3 is 0 Å². The van der Waals surface area contributed by atoms with E-state index in [1.807, 2.05) is 13.8 Å². The number of hydrogen-bond donors (Lipinski definition) is 1. The molecule has 0 bridgehead atoms. The molecule has 2 rings (SSSR count). The number of hydrogen-bond acceptors (Lipinski definition) is 5. The second-order valence-corrected chi connectivity index (χ2v) is 5.39. The van der Waals surface area contributed by atoms with Crippen molar-refractivity contribution >= 4 is 11.6 Å². The number of nitrogens with two attached hydrogens (primary N) is 1. The van der Waals surface area contributed by atoms with Gasteiger partial charge in [0.05, 0.1) is 6.10 Å². The fourth-order valence-electron chi connectivity index (χ4n) is 2.71. The molecule has 1 aliphatic heterocycles. The van der Waals surface area contributed by atoms with Crippen molar-refractivity contribution in [1.82, 2.24) is 9.97 Å². The predicted molar refractivity (Wildman–Crippen MR) is 82.0 cm³/mol. The number of ether oxygens (including phenoxy) is 1. The Bertz CT molecular complexity index is 448. The maximum atomic E-state index is 6.04. The minimum atomic E-state index is 0.305. The molecule has 1 aromatic rings. The Labute approximate surface area is 121 Å². The lowest BCUT2D eigenvalue weighted by molar-refractivity contribution is 0.0525. The molecule has 5 nitrogen and oxygen atoms in total. The van der Waals surface area contributed by atoms with Gasteiger partial charge in [0.1, 0.15) is 17.5 Å². The normalized spacial score (nSPS) is 19.4. The Morgan fingerprint density at radius 3 is 2.85 bits per heavy atom. The van der Waals surface area contributed by atoms with E-state index in [-0.39, 0.29) is 0 Å². The summed E-state index contributed by atoms with van der Waals surface area (Å²) >= 11 is 0. The maximum Gasteiger partial charge on any atom is 0.137 e. The largest absolute Gasteiger partial charge is 0.383 e. The Morgan fingerprint density at radius 2 is 2.15 bits per heavy atom. The standard InChI is InChI=1S/C15H26N4O/c1-4-7-13-17-14(16)11(3)15(18-13)19-9-6-8-12(10-19)20-5-2/h12H,4-10H2,1-3H3,(H2,16,17,18). The van der Waals surface area contributed by atoms with Crippen LogP contribution < -0.4 is 10.6 Å². The van der Waals surface area contributed by atoms with Gasteiger partial charge in [-0.3, -0.25) is 0 Å². The molecule has 1 unspecified atom stereocenters. The summed E-state index contributed by atoms with van der Waals surface area (Å²) in [5.41, 5.74) is 7.03. The quantitative estimate of drug-likeness (QED) is 0.895. The molecule has 0 aromatic carbocycles. The average Bonchev–Trinajstić information content (AvgIpc) is 2.43. The number of nitrogens with zero attached hydrogens (tertiary/aromatic N) is 3. The van der Waals surface area contributed by atoms with Crippen molar-refractivity contribution in [2.75, 3.05) is 30.3 Å². The molecule has 112 valence electrons. The van der Waals surface area contributed by atoms with E-state index in [0.717, 1.165) is 62.6 Å². The molecule has 0 amide bonds. The second-order valence-electron chi connectivity index (χ2n) is 5.39. The summed E-state index contributed by atoms with van der Waals surface area (Å²) in [5.74, 6) is 2.45. The van der Waals surface area contributed by atoms with Crippen molar-refractivity contribution in [1.29, 1.82) is 0 Å². The fourth-order valence-corrected chi connectivity index (χ4v) is 2.71. The minimum absolute atomic E-state index is 0.305. The van der Waals surface area contributed by atoms with Gasteiger partial charge in [-0.25, -0.2) is 9.97 Å². The molecule has 2 heterocycles. The van der Waals surface area contributed by atoms with Crippen molar-refractivity contribution in [2.45, 2.75) is 52.6 Å². The van der Waals surface area contributed by atoms with E-state index >= 15 is 0 Å². The molecule has 1 atom stereocenters. The summed E-state index contributed by atoms with van der Waals surface area (Å²) in [6, 6.07) is 0. The topological polar surface area (TPSA) is 64.3 Å². The lowest BCUT2D eigenvalue weighted by Crippen LogP contribution is -2.40. The van der Waals surface area contributed by atoms with Crippen molar-refractivity contribution in [3.63, 3.8) is 0 Å². The first kappa shape index (κ1) is 15.0. The van der Waals surface area contributed by atoms with Crippen LogP contribution in [0.2, 0.25) is 0 Å². The summed E-state index contributed by atoms with van der Waals surface area (Å²) in [5, 5.41) is 0. The zero-order valence-electron chi connectivity index (χ0n) is 12.9. The molecule has 1 aromatic heterocycles. The average molecular weight is 278 g/mol. The Balaban J connectivity index is 2.21. The predicted octanol–water partition coefficient (Wildman–Crippen LogP) is 2.33. The lowest BCUT2D eigenvalue weighted by Gasteiger charge is -2.34. The number of nitrogen functional groups attached to an aromatic ring is 1. The summed E-state index contributed by atoms with van der Waals surface area (Å²) in [4.78, 5) is 11.4. The summed E-state index contributed by atoms with van der Waals surface area (Å²) < 4.78 is 5.77. The number of rotatable bonds is 5. The number of aromatic nitrogens is 2. The zero-order chi connectivity index (χ0) is 14.5. The van der Waals surface area contributed by atoms with Gasteiger partial charge in [-0.15, -0.1) is 0 Å². The van der Waals surface area contributed by atoms with Gasteiger partial charge in [-0.05, 0) is 33.1 Å². The molecular weight excluding hydrogens is 252 g/mol. The molecule has 0 saturated carbocycles. The first-order chi connectivity index (χ1) is 9.65. The van der Waals surface area contributed by atoms with Crippen molar-refractivity contribution in [3.05, 3.63) is 11.4 Å². The van der Waals surface area contributed by atoms with E-state index < -0.39 is 0 Å². The molecule has 1 saturated heterocycles. The Kier molecular flexibility index (Phi) is 5.17. The third kappa shape index (κ3) is 3.39. The monoisotopic (exact) mass is 278 g/mol. The lowest BCUT2D eigenvalue weighted by atomic mass is 10.1. The first-order valence-electron chi connectivity index (χ1n) is 7.65.